The van der Waals surface area contributed by atoms with E-state index in [1.165, 1.54) is 0 Å². The predicted molar refractivity (Wildman–Crippen MR) is 181 cm³/mol. The monoisotopic (exact) mass is 689 g/mol. The van der Waals surface area contributed by atoms with Crippen LogP contribution in [0, 0.1) is 0 Å². The summed E-state index contributed by atoms with van der Waals surface area (Å²) in [7, 11) is 0. The van der Waals surface area contributed by atoms with Crippen LogP contribution in [0.3, 0.4) is 0 Å². The Morgan fingerprint density at radius 1 is 1.00 bits per heavy atom. The Kier molecular flexibility index (Phi) is 10.6. The molecule has 2 saturated heterocycles. The highest BCUT2D eigenvalue weighted by Crippen LogP contribution is 2.41. The van der Waals surface area contributed by atoms with Gasteiger partial charge in [-0.15, -0.1) is 0 Å². The van der Waals surface area contributed by atoms with E-state index in [4.69, 9.17) is 16.3 Å². The van der Waals surface area contributed by atoms with E-state index in [1.807, 2.05) is 18.2 Å². The Bertz CT molecular complexity index is 1550. The van der Waals surface area contributed by atoms with Crippen LogP contribution >= 0.6 is 11.6 Å². The maximum atomic E-state index is 14.4. The summed E-state index contributed by atoms with van der Waals surface area (Å²) in [6.45, 7) is 6.91. The van der Waals surface area contributed by atoms with E-state index in [2.05, 4.69) is 51.0 Å². The van der Waals surface area contributed by atoms with Gasteiger partial charge in [0.25, 0.3) is 0 Å². The van der Waals surface area contributed by atoms with Gasteiger partial charge in [-0.3, -0.25) is 9.58 Å². The Labute approximate surface area is 284 Å². The molecule has 1 atom stereocenters. The van der Waals surface area contributed by atoms with Crippen molar-refractivity contribution < 1.29 is 27.1 Å². The molecule has 0 N–H and O–H groups in total. The predicted octanol–water partition coefficient (Wildman–Crippen LogP) is 8.43. The highest BCUT2D eigenvalue weighted by atomic mass is 35.5. The van der Waals surface area contributed by atoms with Gasteiger partial charge in [-0.2, -0.15) is 18.3 Å². The first-order valence-electron chi connectivity index (χ1n) is 17.2. The van der Waals surface area contributed by atoms with E-state index in [0.717, 1.165) is 78.8 Å². The zero-order valence-corrected chi connectivity index (χ0v) is 28.2. The molecular weight excluding hydrogens is 646 g/mol. The summed E-state index contributed by atoms with van der Waals surface area (Å²) in [6, 6.07) is 13.3. The summed E-state index contributed by atoms with van der Waals surface area (Å²) in [4.78, 5) is 19.3. The molecule has 0 spiro atoms. The molecule has 1 saturated carbocycles. The average Bonchev–Trinajstić information content (AvgIpc) is 3.61. The number of unbranched alkanes of at least 4 members (excludes halogenated alkanes) is 3. The number of esters is 1. The molecule has 1 unspecified atom stereocenters. The second kappa shape index (κ2) is 14.7. The lowest BCUT2D eigenvalue weighted by atomic mass is 9.99. The van der Waals surface area contributed by atoms with Gasteiger partial charge in [-0.05, 0) is 61.9 Å². The van der Waals surface area contributed by atoms with Crippen molar-refractivity contribution in [3.8, 4) is 11.1 Å². The van der Waals surface area contributed by atoms with Crippen molar-refractivity contribution >= 4 is 28.9 Å². The molecule has 0 radical (unpaired) electrons. The number of halogens is 5. The topological polar surface area (TPSA) is 53.8 Å². The minimum Gasteiger partial charge on any atom is -0.462 e. The number of piperidine rings is 1. The van der Waals surface area contributed by atoms with Crippen LogP contribution in [-0.4, -0.2) is 78.7 Å². The lowest BCUT2D eigenvalue weighted by molar-refractivity contribution is -0.145. The van der Waals surface area contributed by atoms with Gasteiger partial charge in [-0.25, -0.2) is 9.18 Å². The second-order valence-corrected chi connectivity index (χ2v) is 13.8. The number of piperazine rings is 1. The van der Waals surface area contributed by atoms with Gasteiger partial charge in [0.05, 0.1) is 18.8 Å². The number of rotatable bonds is 12. The van der Waals surface area contributed by atoms with Crippen molar-refractivity contribution in [1.82, 2.24) is 14.7 Å². The summed E-state index contributed by atoms with van der Waals surface area (Å²) in [5.74, 6) is -0.994. The number of benzene rings is 2. The van der Waals surface area contributed by atoms with Crippen LogP contribution in [-0.2, 0) is 10.9 Å². The van der Waals surface area contributed by atoms with E-state index in [1.54, 1.807) is 0 Å². The fraction of sp³-hybridized carbons (Fsp3) is 0.556. The highest BCUT2D eigenvalue weighted by molar-refractivity contribution is 6.31. The van der Waals surface area contributed by atoms with Gasteiger partial charge in [0.1, 0.15) is 11.2 Å². The maximum Gasteiger partial charge on any atom is 0.433 e. The minimum absolute atomic E-state index is 0.0781. The first kappa shape index (κ1) is 34.5. The molecule has 0 bridgehead atoms. The molecule has 3 aliphatic rings. The van der Waals surface area contributed by atoms with Crippen LogP contribution < -0.4 is 9.80 Å². The first-order valence-corrected chi connectivity index (χ1v) is 17.6. The zero-order valence-electron chi connectivity index (χ0n) is 27.5. The van der Waals surface area contributed by atoms with Crippen LogP contribution in [0.4, 0.5) is 28.9 Å². The lowest BCUT2D eigenvalue weighted by Crippen LogP contribution is -2.48. The molecule has 3 aromatic rings. The third-order valence-electron chi connectivity index (χ3n) is 9.77. The van der Waals surface area contributed by atoms with Crippen molar-refractivity contribution in [2.45, 2.75) is 76.2 Å². The molecular formula is C36H44ClF4N5O2. The summed E-state index contributed by atoms with van der Waals surface area (Å²) >= 11 is 6.47. The molecule has 48 heavy (non-hydrogen) atoms. The number of carbonyl (C=O) groups is 1. The van der Waals surface area contributed by atoms with Crippen molar-refractivity contribution in [1.29, 1.82) is 0 Å². The highest BCUT2D eigenvalue weighted by Gasteiger charge is 2.45. The van der Waals surface area contributed by atoms with Gasteiger partial charge >= 0.3 is 12.1 Å². The molecule has 3 heterocycles. The third-order valence-corrected chi connectivity index (χ3v) is 10.0. The van der Waals surface area contributed by atoms with Crippen molar-refractivity contribution in [2.24, 2.45) is 0 Å². The molecule has 2 aliphatic heterocycles. The number of carbonyl (C=O) groups excluding carboxylic acids is 1. The molecule has 6 rings (SSSR count). The third kappa shape index (κ3) is 8.10. The lowest BCUT2D eigenvalue weighted by Gasteiger charge is -2.37. The number of aromatic nitrogens is 2. The number of hydrogen-bond acceptors (Lipinski definition) is 6. The number of ether oxygens (including phenoxy) is 1. The molecule has 0 amide bonds. The van der Waals surface area contributed by atoms with Gasteiger partial charge in [0.2, 0.25) is 0 Å². The molecule has 1 aromatic heterocycles. The van der Waals surface area contributed by atoms with Crippen molar-refractivity contribution in [2.75, 3.05) is 62.2 Å². The summed E-state index contributed by atoms with van der Waals surface area (Å²) < 4.78 is 63.7. The molecule has 12 heteroatoms. The second-order valence-electron chi connectivity index (χ2n) is 13.4. The van der Waals surface area contributed by atoms with E-state index in [9.17, 15) is 22.4 Å². The average molecular weight is 690 g/mol. The van der Waals surface area contributed by atoms with Gasteiger partial charge < -0.3 is 14.5 Å². The molecule has 260 valence electrons. The zero-order chi connectivity index (χ0) is 33.9. The molecule has 2 aromatic carbocycles. The van der Waals surface area contributed by atoms with E-state index < -0.39 is 35.1 Å². The van der Waals surface area contributed by atoms with Crippen molar-refractivity contribution in [3.05, 3.63) is 64.9 Å². The normalized spacial score (nSPS) is 19.8. The summed E-state index contributed by atoms with van der Waals surface area (Å²) in [5.41, 5.74) is 1.25. The van der Waals surface area contributed by atoms with E-state index >= 15 is 0 Å². The quantitative estimate of drug-likeness (QED) is 0.108. The fourth-order valence-corrected chi connectivity index (χ4v) is 7.10. The van der Waals surface area contributed by atoms with Crippen LogP contribution in [0.2, 0.25) is 5.02 Å². The molecule has 3 fully saturated rings. The Morgan fingerprint density at radius 3 is 2.44 bits per heavy atom. The Balaban J connectivity index is 1.17. The van der Waals surface area contributed by atoms with Crippen LogP contribution in [0.5, 0.6) is 0 Å². The smallest absolute Gasteiger partial charge is 0.433 e. The minimum atomic E-state index is -4.78. The fourth-order valence-electron chi connectivity index (χ4n) is 6.94. The Morgan fingerprint density at radius 2 is 1.75 bits per heavy atom. The first-order chi connectivity index (χ1) is 23.0. The molecule has 7 nitrogen and oxygen atoms in total. The number of nitrogens with zero attached hydrogens (tertiary/aromatic N) is 5. The maximum absolute atomic E-state index is 14.4. The Hall–Kier alpha value is -3.31. The largest absolute Gasteiger partial charge is 0.462 e. The van der Waals surface area contributed by atoms with E-state index in [-0.39, 0.29) is 13.2 Å². The van der Waals surface area contributed by atoms with Crippen LogP contribution in [0.25, 0.3) is 11.1 Å². The molecule has 1 aliphatic carbocycles. The van der Waals surface area contributed by atoms with Gasteiger partial charge in [0, 0.05) is 67.8 Å². The van der Waals surface area contributed by atoms with E-state index in [0.29, 0.717) is 50.2 Å². The number of anilines is 2. The standard InChI is InChI=1S/C36H44ClF4N5O2/c1-2-3-4-5-21-48-34(47)31-23-42-46(33(31)36(39,40)41)29-7-6-16-45(24-29)32-22-27(37)10-13-30(32)26-8-11-28(12-9-26)44-19-17-43(18-20-44)25-35(38)14-15-35/h8-13,22-23,29H,2-7,14-21,24-25H2,1H3. The van der Waals surface area contributed by atoms with Gasteiger partial charge in [-0.1, -0.05) is 56.0 Å². The van der Waals surface area contributed by atoms with Crippen molar-refractivity contribution in [3.63, 3.8) is 0 Å². The van der Waals surface area contributed by atoms with Crippen LogP contribution in [0.15, 0.2) is 48.7 Å². The van der Waals surface area contributed by atoms with Crippen LogP contribution in [0.1, 0.15) is 80.4 Å². The SMILES string of the molecule is CCCCCCOC(=O)c1cnn(C2CCCN(c3cc(Cl)ccc3-c3ccc(N4CCN(CC5(F)CC5)CC4)cc3)C2)c1C(F)(F)F. The van der Waals surface area contributed by atoms with Gasteiger partial charge in [0.15, 0.2) is 5.69 Å². The summed E-state index contributed by atoms with van der Waals surface area (Å²) in [5, 5.41) is 4.64. The summed E-state index contributed by atoms with van der Waals surface area (Å²) in [6.07, 6.45) is 2.12. The number of hydrogen-bond donors (Lipinski definition) is 0. The number of alkyl halides is 4.